The minimum absolute atomic E-state index is 1.12. The lowest BCUT2D eigenvalue weighted by molar-refractivity contribution is -0.908. The standard InChI is InChI=1S/C9H19N2/c1-4-7-11(3)8-5-10(2)6-9-11/h4H,1,5-9H2,2-3H3/q+1. The summed E-state index contributed by atoms with van der Waals surface area (Å²) in [6, 6.07) is 0. The van der Waals surface area contributed by atoms with Gasteiger partial charge < -0.3 is 4.48 Å². The smallest absolute Gasteiger partial charge is 0.0969 e. The predicted octanol–water partition coefficient (Wildman–Crippen LogP) is 0.564. The van der Waals surface area contributed by atoms with Gasteiger partial charge in [0.15, 0.2) is 0 Å². The van der Waals surface area contributed by atoms with E-state index in [1.807, 2.05) is 6.08 Å². The van der Waals surface area contributed by atoms with Crippen LogP contribution in [0.4, 0.5) is 0 Å². The molecule has 1 fully saturated rings. The van der Waals surface area contributed by atoms with Gasteiger partial charge in [-0.05, 0) is 13.1 Å². The minimum atomic E-state index is 1.12. The summed E-state index contributed by atoms with van der Waals surface area (Å²) in [7, 11) is 4.51. The number of quaternary nitrogens is 1. The Hall–Kier alpha value is -0.340. The Morgan fingerprint density at radius 1 is 1.45 bits per heavy atom. The minimum Gasteiger partial charge on any atom is -0.321 e. The Kier molecular flexibility index (Phi) is 2.68. The number of nitrogens with zero attached hydrogens (tertiary/aromatic N) is 2. The van der Waals surface area contributed by atoms with Gasteiger partial charge in [-0.3, -0.25) is 4.90 Å². The Morgan fingerprint density at radius 3 is 2.45 bits per heavy atom. The molecule has 0 atom stereocenters. The van der Waals surface area contributed by atoms with Crippen LogP contribution in [0, 0.1) is 0 Å². The van der Waals surface area contributed by atoms with Gasteiger partial charge in [0, 0.05) is 13.1 Å². The maximum atomic E-state index is 3.79. The third-order valence-electron chi connectivity index (χ3n) is 2.61. The molecular weight excluding hydrogens is 136 g/mol. The van der Waals surface area contributed by atoms with E-state index in [0.29, 0.717) is 0 Å². The third-order valence-corrected chi connectivity index (χ3v) is 2.61. The Labute approximate surface area is 69.7 Å². The maximum Gasteiger partial charge on any atom is 0.0969 e. The van der Waals surface area contributed by atoms with Gasteiger partial charge in [0.25, 0.3) is 0 Å². The van der Waals surface area contributed by atoms with Crippen LogP contribution < -0.4 is 0 Å². The summed E-state index contributed by atoms with van der Waals surface area (Å²) in [4.78, 5) is 2.39. The molecule has 0 bridgehead atoms. The van der Waals surface area contributed by atoms with E-state index in [4.69, 9.17) is 0 Å². The summed E-state index contributed by atoms with van der Waals surface area (Å²) in [5, 5.41) is 0. The van der Waals surface area contributed by atoms with Crippen LogP contribution in [-0.4, -0.2) is 56.2 Å². The van der Waals surface area contributed by atoms with Crippen LogP contribution >= 0.6 is 0 Å². The first-order valence-corrected chi connectivity index (χ1v) is 4.29. The van der Waals surface area contributed by atoms with Crippen molar-refractivity contribution in [2.45, 2.75) is 0 Å². The van der Waals surface area contributed by atoms with Crippen molar-refractivity contribution in [3.63, 3.8) is 0 Å². The van der Waals surface area contributed by atoms with Crippen molar-refractivity contribution in [2.75, 3.05) is 46.8 Å². The number of hydrogen-bond donors (Lipinski definition) is 0. The van der Waals surface area contributed by atoms with E-state index < -0.39 is 0 Å². The molecule has 11 heavy (non-hydrogen) atoms. The highest BCUT2D eigenvalue weighted by atomic mass is 15.4. The zero-order chi connectivity index (χ0) is 8.32. The van der Waals surface area contributed by atoms with Crippen molar-refractivity contribution >= 4 is 0 Å². The van der Waals surface area contributed by atoms with E-state index >= 15 is 0 Å². The summed E-state index contributed by atoms with van der Waals surface area (Å²) in [5.74, 6) is 0. The third kappa shape index (κ3) is 2.31. The molecule has 0 amide bonds. The molecule has 1 rings (SSSR count). The fourth-order valence-corrected chi connectivity index (χ4v) is 1.54. The van der Waals surface area contributed by atoms with Crippen molar-refractivity contribution in [1.29, 1.82) is 0 Å². The Morgan fingerprint density at radius 2 is 2.00 bits per heavy atom. The van der Waals surface area contributed by atoms with Gasteiger partial charge in [0.2, 0.25) is 0 Å². The molecule has 1 aliphatic heterocycles. The number of hydrogen-bond acceptors (Lipinski definition) is 1. The quantitative estimate of drug-likeness (QED) is 0.416. The molecule has 0 aliphatic carbocycles. The number of likely N-dealkylation sites (N-methyl/N-ethyl adjacent to an activating group) is 2. The van der Waals surface area contributed by atoms with Crippen LogP contribution in [0.25, 0.3) is 0 Å². The van der Waals surface area contributed by atoms with E-state index in [1.165, 1.54) is 30.7 Å². The molecule has 0 aromatic heterocycles. The lowest BCUT2D eigenvalue weighted by Gasteiger charge is -2.40. The summed E-state index contributed by atoms with van der Waals surface area (Å²) >= 11 is 0. The van der Waals surface area contributed by atoms with Crippen LogP contribution in [0.1, 0.15) is 0 Å². The van der Waals surface area contributed by atoms with Crippen molar-refractivity contribution in [3.05, 3.63) is 12.7 Å². The molecule has 1 heterocycles. The van der Waals surface area contributed by atoms with Crippen LogP contribution in [0.2, 0.25) is 0 Å². The van der Waals surface area contributed by atoms with Crippen molar-refractivity contribution < 1.29 is 4.48 Å². The van der Waals surface area contributed by atoms with Gasteiger partial charge in [-0.15, -0.1) is 0 Å². The fraction of sp³-hybridized carbons (Fsp3) is 0.778. The molecule has 2 heteroatoms. The van der Waals surface area contributed by atoms with E-state index in [9.17, 15) is 0 Å². The van der Waals surface area contributed by atoms with Crippen molar-refractivity contribution in [2.24, 2.45) is 0 Å². The zero-order valence-electron chi connectivity index (χ0n) is 7.71. The summed E-state index contributed by atoms with van der Waals surface area (Å²) in [5.41, 5.74) is 0. The van der Waals surface area contributed by atoms with Crippen molar-refractivity contribution in [3.8, 4) is 0 Å². The fourth-order valence-electron chi connectivity index (χ4n) is 1.54. The van der Waals surface area contributed by atoms with Gasteiger partial charge >= 0.3 is 0 Å². The topological polar surface area (TPSA) is 3.24 Å². The van der Waals surface area contributed by atoms with E-state index in [1.54, 1.807) is 0 Å². The SMILES string of the molecule is C=CC[N+]1(C)CCN(C)CC1. The Bertz CT molecular complexity index is 134. The van der Waals surface area contributed by atoms with Crippen LogP contribution in [0.15, 0.2) is 12.7 Å². The molecule has 0 spiro atoms. The van der Waals surface area contributed by atoms with Gasteiger partial charge in [-0.1, -0.05) is 6.58 Å². The van der Waals surface area contributed by atoms with Gasteiger partial charge in [-0.25, -0.2) is 0 Å². The van der Waals surface area contributed by atoms with Crippen LogP contribution in [0.5, 0.6) is 0 Å². The monoisotopic (exact) mass is 155 g/mol. The Balaban J connectivity index is 2.41. The van der Waals surface area contributed by atoms with Gasteiger partial charge in [0.05, 0.1) is 26.7 Å². The van der Waals surface area contributed by atoms with Gasteiger partial charge in [-0.2, -0.15) is 0 Å². The summed E-state index contributed by atoms with van der Waals surface area (Å²) < 4.78 is 1.17. The maximum absolute atomic E-state index is 3.79. The highest BCUT2D eigenvalue weighted by Crippen LogP contribution is 2.07. The zero-order valence-corrected chi connectivity index (χ0v) is 7.71. The normalized spacial score (nSPS) is 24.9. The average molecular weight is 155 g/mol. The summed E-state index contributed by atoms with van der Waals surface area (Å²) in [6.45, 7) is 9.89. The molecular formula is C9H19N2+. The molecule has 2 nitrogen and oxygen atoms in total. The second-order valence-corrected chi connectivity index (χ2v) is 3.84. The highest BCUT2D eigenvalue weighted by Gasteiger charge is 2.24. The largest absolute Gasteiger partial charge is 0.321 e. The molecule has 1 aliphatic rings. The van der Waals surface area contributed by atoms with Gasteiger partial charge in [0.1, 0.15) is 0 Å². The lowest BCUT2D eigenvalue weighted by Crippen LogP contribution is -2.56. The number of rotatable bonds is 2. The number of piperazine rings is 1. The first-order valence-electron chi connectivity index (χ1n) is 4.29. The van der Waals surface area contributed by atoms with Crippen LogP contribution in [-0.2, 0) is 0 Å². The van der Waals surface area contributed by atoms with E-state index in [0.717, 1.165) is 6.54 Å². The summed E-state index contributed by atoms with van der Waals surface area (Å²) in [6.07, 6.45) is 2.03. The molecule has 0 saturated carbocycles. The first kappa shape index (κ1) is 8.75. The molecule has 0 aromatic rings. The molecule has 0 unspecified atom stereocenters. The van der Waals surface area contributed by atoms with E-state index in [-0.39, 0.29) is 0 Å². The van der Waals surface area contributed by atoms with Crippen LogP contribution in [0.3, 0.4) is 0 Å². The molecule has 0 radical (unpaired) electrons. The second-order valence-electron chi connectivity index (χ2n) is 3.84. The highest BCUT2D eigenvalue weighted by molar-refractivity contribution is 4.68. The first-order chi connectivity index (χ1) is 5.16. The van der Waals surface area contributed by atoms with Crippen molar-refractivity contribution in [1.82, 2.24) is 4.90 Å². The molecule has 0 N–H and O–H groups in total. The predicted molar refractivity (Wildman–Crippen MR) is 48.5 cm³/mol. The average Bonchev–Trinajstić information content (AvgIpc) is 1.97. The second kappa shape index (κ2) is 3.37. The molecule has 64 valence electrons. The lowest BCUT2D eigenvalue weighted by atomic mass is 10.3. The van der Waals surface area contributed by atoms with E-state index in [2.05, 4.69) is 25.6 Å². The molecule has 1 saturated heterocycles. The molecule has 0 aromatic carbocycles.